The minimum Gasteiger partial charge on any atom is -0.503 e. The number of nitrogens with zero attached hydrogens (tertiary/aromatic N) is 1. The number of para-hydroxylation sites is 1. The third-order valence-electron chi connectivity index (χ3n) is 6.58. The Hall–Kier alpha value is -3.74. The number of benzene rings is 2. The predicted molar refractivity (Wildman–Crippen MR) is 122 cm³/mol. The number of carbonyl (C=O) groups is 2. The highest BCUT2D eigenvalue weighted by Gasteiger charge is 2.47. The summed E-state index contributed by atoms with van der Waals surface area (Å²) in [7, 11) is 3.08. The molecule has 2 heterocycles. The zero-order chi connectivity index (χ0) is 23.1. The zero-order valence-corrected chi connectivity index (χ0v) is 18.5. The fourth-order valence-electron chi connectivity index (χ4n) is 4.99. The molecule has 0 spiro atoms. The van der Waals surface area contributed by atoms with E-state index in [0.29, 0.717) is 22.6 Å². The van der Waals surface area contributed by atoms with Gasteiger partial charge in [0.25, 0.3) is 5.91 Å². The topological polar surface area (TPSA) is 89.2 Å². The van der Waals surface area contributed by atoms with Gasteiger partial charge in [-0.1, -0.05) is 37.1 Å². The van der Waals surface area contributed by atoms with Gasteiger partial charge in [0.05, 0.1) is 25.8 Å². The van der Waals surface area contributed by atoms with Crippen molar-refractivity contribution in [2.45, 2.75) is 37.8 Å². The Kier molecular flexibility index (Phi) is 5.32. The molecule has 1 aliphatic carbocycles. The van der Waals surface area contributed by atoms with Crippen LogP contribution in [-0.4, -0.2) is 42.0 Å². The van der Waals surface area contributed by atoms with Gasteiger partial charge in [0.15, 0.2) is 23.0 Å². The van der Waals surface area contributed by atoms with Gasteiger partial charge < -0.3 is 23.9 Å². The number of aliphatic hydroxyl groups excluding tert-OH is 1. The first-order valence-electron chi connectivity index (χ1n) is 11.0. The Morgan fingerprint density at radius 3 is 2.45 bits per heavy atom. The fourth-order valence-corrected chi connectivity index (χ4v) is 4.99. The van der Waals surface area contributed by atoms with Crippen molar-refractivity contribution >= 4 is 22.7 Å². The van der Waals surface area contributed by atoms with Crippen LogP contribution in [0.3, 0.4) is 0 Å². The number of ketones is 1. The van der Waals surface area contributed by atoms with E-state index in [9.17, 15) is 14.7 Å². The van der Waals surface area contributed by atoms with Gasteiger partial charge in [0.1, 0.15) is 5.58 Å². The van der Waals surface area contributed by atoms with Crippen LogP contribution in [0, 0.1) is 0 Å². The lowest BCUT2D eigenvalue weighted by molar-refractivity contribution is -0.131. The average molecular weight is 447 g/mol. The molecule has 0 radical (unpaired) electrons. The van der Waals surface area contributed by atoms with E-state index in [-0.39, 0.29) is 17.4 Å². The van der Waals surface area contributed by atoms with Crippen molar-refractivity contribution in [3.8, 4) is 11.5 Å². The van der Waals surface area contributed by atoms with E-state index in [1.54, 1.807) is 42.3 Å². The lowest BCUT2D eigenvalue weighted by Crippen LogP contribution is -2.38. The standard InChI is InChI=1S/C26H25NO6/c1-31-19-12-11-16(14-20(19)32-2)23-22(25(29)26(30)27(23)17-8-4-5-9-17)24(28)21-13-15-7-3-6-10-18(15)33-21/h3,6-7,10-14,17,23,29H,4-5,8-9H2,1-2H3. The minimum absolute atomic E-state index is 0.0261. The van der Waals surface area contributed by atoms with Crippen molar-refractivity contribution in [3.05, 3.63) is 71.2 Å². The van der Waals surface area contributed by atoms with Gasteiger partial charge in [-0.05, 0) is 42.7 Å². The summed E-state index contributed by atoms with van der Waals surface area (Å²) >= 11 is 0. The van der Waals surface area contributed by atoms with Crippen LogP contribution >= 0.6 is 0 Å². The summed E-state index contributed by atoms with van der Waals surface area (Å²) in [5, 5.41) is 11.7. The van der Waals surface area contributed by atoms with E-state index >= 15 is 0 Å². The van der Waals surface area contributed by atoms with E-state index in [2.05, 4.69) is 0 Å². The SMILES string of the molecule is COc1ccc(C2C(C(=O)c3cc4ccccc4o3)=C(O)C(=O)N2C2CCCC2)cc1OC. The van der Waals surface area contributed by atoms with Gasteiger partial charge in [0, 0.05) is 11.4 Å². The number of amides is 1. The van der Waals surface area contributed by atoms with Crippen LogP contribution in [0.1, 0.15) is 47.8 Å². The number of hydrogen-bond donors (Lipinski definition) is 1. The summed E-state index contributed by atoms with van der Waals surface area (Å²) in [6.45, 7) is 0. The van der Waals surface area contributed by atoms with Crippen molar-refractivity contribution in [2.24, 2.45) is 0 Å². The number of carbonyl (C=O) groups excluding carboxylic acids is 2. The molecule has 2 aromatic carbocycles. The van der Waals surface area contributed by atoms with E-state index in [1.807, 2.05) is 18.2 Å². The van der Waals surface area contributed by atoms with Crippen LogP contribution in [0.25, 0.3) is 11.0 Å². The molecule has 1 saturated carbocycles. The minimum atomic E-state index is -0.749. The first kappa shape index (κ1) is 21.1. The smallest absolute Gasteiger partial charge is 0.290 e. The van der Waals surface area contributed by atoms with Crippen molar-refractivity contribution in [1.82, 2.24) is 4.90 Å². The molecule has 1 aromatic heterocycles. The lowest BCUT2D eigenvalue weighted by Gasteiger charge is -2.32. The molecule has 1 atom stereocenters. The van der Waals surface area contributed by atoms with E-state index in [4.69, 9.17) is 13.9 Å². The van der Waals surface area contributed by atoms with Crippen LogP contribution < -0.4 is 9.47 Å². The third kappa shape index (κ3) is 3.44. The van der Waals surface area contributed by atoms with Gasteiger partial charge >= 0.3 is 0 Å². The summed E-state index contributed by atoms with van der Waals surface area (Å²) in [5.74, 6) is -0.443. The Bertz CT molecular complexity index is 1230. The Morgan fingerprint density at radius 1 is 1.03 bits per heavy atom. The molecule has 7 nitrogen and oxygen atoms in total. The second-order valence-electron chi connectivity index (χ2n) is 8.41. The number of furan rings is 1. The van der Waals surface area contributed by atoms with Crippen molar-refractivity contribution in [1.29, 1.82) is 0 Å². The quantitative estimate of drug-likeness (QED) is 0.537. The van der Waals surface area contributed by atoms with E-state index < -0.39 is 23.5 Å². The number of aliphatic hydroxyl groups is 1. The molecule has 5 rings (SSSR count). The van der Waals surface area contributed by atoms with E-state index in [0.717, 1.165) is 31.1 Å². The van der Waals surface area contributed by atoms with Gasteiger partial charge in [-0.15, -0.1) is 0 Å². The average Bonchev–Trinajstić information content (AvgIpc) is 3.57. The maximum Gasteiger partial charge on any atom is 0.290 e. The molecule has 7 heteroatoms. The molecular weight excluding hydrogens is 422 g/mol. The summed E-state index contributed by atoms with van der Waals surface area (Å²) in [4.78, 5) is 28.6. The molecule has 33 heavy (non-hydrogen) atoms. The first-order valence-corrected chi connectivity index (χ1v) is 11.0. The van der Waals surface area contributed by atoms with Crippen LogP contribution in [0.5, 0.6) is 11.5 Å². The van der Waals surface area contributed by atoms with E-state index in [1.165, 1.54) is 7.11 Å². The highest BCUT2D eigenvalue weighted by molar-refractivity contribution is 6.16. The molecule has 2 aliphatic rings. The van der Waals surface area contributed by atoms with Gasteiger partial charge in [0.2, 0.25) is 5.78 Å². The Morgan fingerprint density at radius 2 is 1.76 bits per heavy atom. The summed E-state index contributed by atoms with van der Waals surface area (Å²) in [6, 6.07) is 13.4. The zero-order valence-electron chi connectivity index (χ0n) is 18.5. The third-order valence-corrected chi connectivity index (χ3v) is 6.58. The number of ether oxygens (including phenoxy) is 2. The van der Waals surface area contributed by atoms with Gasteiger partial charge in [-0.25, -0.2) is 0 Å². The van der Waals surface area contributed by atoms with Crippen LogP contribution in [0.4, 0.5) is 0 Å². The van der Waals surface area contributed by atoms with Crippen LogP contribution in [-0.2, 0) is 4.79 Å². The summed E-state index contributed by atoms with van der Waals surface area (Å²) in [5.41, 5.74) is 1.26. The Balaban J connectivity index is 1.63. The van der Waals surface area contributed by atoms with Crippen LogP contribution in [0.15, 0.2) is 64.3 Å². The van der Waals surface area contributed by atoms with Gasteiger partial charge in [-0.3, -0.25) is 9.59 Å². The molecule has 170 valence electrons. The second-order valence-corrected chi connectivity index (χ2v) is 8.41. The highest BCUT2D eigenvalue weighted by atomic mass is 16.5. The molecule has 1 N–H and O–H groups in total. The van der Waals surface area contributed by atoms with Crippen LogP contribution in [0.2, 0.25) is 0 Å². The molecule has 1 aliphatic heterocycles. The summed E-state index contributed by atoms with van der Waals surface area (Å²) < 4.78 is 16.6. The van der Waals surface area contributed by atoms with Crippen molar-refractivity contribution in [2.75, 3.05) is 14.2 Å². The number of methoxy groups -OCH3 is 2. The molecular formula is C26H25NO6. The maximum atomic E-state index is 13.6. The number of rotatable bonds is 6. The lowest BCUT2D eigenvalue weighted by atomic mass is 9.93. The molecule has 0 saturated heterocycles. The molecule has 1 fully saturated rings. The molecule has 1 amide bonds. The highest BCUT2D eigenvalue weighted by Crippen LogP contribution is 2.45. The van der Waals surface area contributed by atoms with Crippen molar-refractivity contribution in [3.63, 3.8) is 0 Å². The molecule has 1 unspecified atom stereocenters. The second kappa shape index (κ2) is 8.31. The maximum absolute atomic E-state index is 13.6. The normalized spacial score (nSPS) is 19.0. The Labute approximate surface area is 191 Å². The van der Waals surface area contributed by atoms with Gasteiger partial charge in [-0.2, -0.15) is 0 Å². The number of fused-ring (bicyclic) bond motifs is 1. The molecule has 0 bridgehead atoms. The summed E-state index contributed by atoms with van der Waals surface area (Å²) in [6.07, 6.45) is 3.66. The first-order chi connectivity index (χ1) is 16.0. The monoisotopic (exact) mass is 447 g/mol. The largest absolute Gasteiger partial charge is 0.503 e. The predicted octanol–water partition coefficient (Wildman–Crippen LogP) is 4.97. The fraction of sp³-hybridized carbons (Fsp3) is 0.308. The van der Waals surface area contributed by atoms with Crippen molar-refractivity contribution < 1.29 is 28.6 Å². The number of Topliss-reactive ketones (excluding diaryl/α,β-unsaturated/α-hetero) is 1. The molecule has 3 aromatic rings. The number of hydrogen-bond acceptors (Lipinski definition) is 6.